The van der Waals surface area contributed by atoms with Crippen molar-refractivity contribution in [3.8, 4) is 17.2 Å². The van der Waals surface area contributed by atoms with Crippen molar-refractivity contribution in [1.29, 1.82) is 0 Å². The molecule has 1 aromatic heterocycles. The minimum atomic E-state index is -0.00386. The largest absolute Gasteiger partial charge is 0.502 e. The summed E-state index contributed by atoms with van der Waals surface area (Å²) in [5, 5.41) is 16.5. The van der Waals surface area contributed by atoms with Crippen LogP contribution in [-0.4, -0.2) is 31.8 Å². The zero-order valence-electron chi connectivity index (χ0n) is 15.5. The van der Waals surface area contributed by atoms with Crippen LogP contribution < -0.4 is 20.1 Å². The summed E-state index contributed by atoms with van der Waals surface area (Å²) in [7, 11) is 3.02. The summed E-state index contributed by atoms with van der Waals surface area (Å²) in [6.07, 6.45) is 0. The molecule has 144 valence electrons. The molecule has 0 aliphatic heterocycles. The molecule has 0 aliphatic rings. The van der Waals surface area contributed by atoms with Gasteiger partial charge in [0.15, 0.2) is 17.5 Å². The van der Waals surface area contributed by atoms with Crippen molar-refractivity contribution >= 4 is 41.3 Å². The molecule has 2 rings (SSSR count). The third kappa shape index (κ3) is 6.24. The standard InChI is InChI=1S/C18H25N3O3S.HI/c1-5-19-18(21-11-14-7-6-12(2)25-14)20-10-13-8-15(23-3)17(22)16(9-13)24-4;/h6-9,22H,5,10-11H2,1-4H3,(H2,19,20,21);1H. The highest BCUT2D eigenvalue weighted by molar-refractivity contribution is 14.0. The van der Waals surface area contributed by atoms with E-state index in [9.17, 15) is 5.11 Å². The molecular weight excluding hydrogens is 465 g/mol. The van der Waals surface area contributed by atoms with Crippen molar-refractivity contribution in [2.24, 2.45) is 4.99 Å². The van der Waals surface area contributed by atoms with Gasteiger partial charge in [-0.15, -0.1) is 35.3 Å². The summed E-state index contributed by atoms with van der Waals surface area (Å²) < 4.78 is 10.4. The summed E-state index contributed by atoms with van der Waals surface area (Å²) in [5.41, 5.74) is 0.885. The normalized spacial score (nSPS) is 10.8. The smallest absolute Gasteiger partial charge is 0.200 e. The number of guanidine groups is 1. The second kappa shape index (κ2) is 11.1. The molecule has 0 unspecified atom stereocenters. The molecule has 8 heteroatoms. The zero-order valence-corrected chi connectivity index (χ0v) is 18.6. The van der Waals surface area contributed by atoms with Gasteiger partial charge in [-0.05, 0) is 43.7 Å². The third-order valence-electron chi connectivity index (χ3n) is 3.53. The molecule has 0 spiro atoms. The van der Waals surface area contributed by atoms with Crippen molar-refractivity contribution in [1.82, 2.24) is 10.6 Å². The number of hydrogen-bond acceptors (Lipinski definition) is 5. The second-order valence-electron chi connectivity index (χ2n) is 5.41. The van der Waals surface area contributed by atoms with Crippen LogP contribution in [0.2, 0.25) is 0 Å². The van der Waals surface area contributed by atoms with Crippen molar-refractivity contribution in [2.75, 3.05) is 20.8 Å². The number of aromatic hydroxyl groups is 1. The lowest BCUT2D eigenvalue weighted by atomic mass is 10.2. The number of halogens is 1. The van der Waals surface area contributed by atoms with Gasteiger partial charge >= 0.3 is 0 Å². The molecule has 0 fully saturated rings. The lowest BCUT2D eigenvalue weighted by Gasteiger charge is -2.12. The summed E-state index contributed by atoms with van der Waals surface area (Å²) >= 11 is 1.77. The Morgan fingerprint density at radius 3 is 2.31 bits per heavy atom. The van der Waals surface area contributed by atoms with E-state index < -0.39 is 0 Å². The lowest BCUT2D eigenvalue weighted by molar-refractivity contribution is 0.339. The highest BCUT2D eigenvalue weighted by atomic mass is 127. The first-order chi connectivity index (χ1) is 12.1. The van der Waals surface area contributed by atoms with Crippen LogP contribution in [0, 0.1) is 6.92 Å². The van der Waals surface area contributed by atoms with Crippen molar-refractivity contribution < 1.29 is 14.6 Å². The van der Waals surface area contributed by atoms with Crippen LogP contribution in [-0.2, 0) is 13.1 Å². The highest BCUT2D eigenvalue weighted by Crippen LogP contribution is 2.37. The third-order valence-corrected chi connectivity index (χ3v) is 4.53. The molecule has 1 heterocycles. The summed E-state index contributed by atoms with van der Waals surface area (Å²) in [4.78, 5) is 7.15. The minimum absolute atomic E-state index is 0. The van der Waals surface area contributed by atoms with E-state index in [1.54, 1.807) is 23.5 Å². The van der Waals surface area contributed by atoms with Crippen LogP contribution >= 0.6 is 35.3 Å². The van der Waals surface area contributed by atoms with Gasteiger partial charge < -0.3 is 25.2 Å². The van der Waals surface area contributed by atoms with E-state index in [0.717, 1.165) is 24.6 Å². The molecule has 0 bridgehead atoms. The number of phenols is 1. The Balaban J connectivity index is 0.00000338. The fourth-order valence-electron chi connectivity index (χ4n) is 2.30. The average Bonchev–Trinajstić information content (AvgIpc) is 3.03. The molecule has 0 radical (unpaired) electrons. The van der Waals surface area contributed by atoms with E-state index >= 15 is 0 Å². The number of hydrogen-bond donors (Lipinski definition) is 3. The molecular formula is C18H26IN3O3S. The zero-order chi connectivity index (χ0) is 18.2. The highest BCUT2D eigenvalue weighted by Gasteiger charge is 2.11. The fourth-order valence-corrected chi connectivity index (χ4v) is 3.13. The first-order valence-electron chi connectivity index (χ1n) is 8.08. The number of benzene rings is 1. The quantitative estimate of drug-likeness (QED) is 0.313. The van der Waals surface area contributed by atoms with Crippen LogP contribution in [0.25, 0.3) is 0 Å². The van der Waals surface area contributed by atoms with Crippen LogP contribution in [0.15, 0.2) is 29.3 Å². The Labute approximate surface area is 175 Å². The van der Waals surface area contributed by atoms with Crippen LogP contribution in [0.5, 0.6) is 17.2 Å². The molecule has 6 nitrogen and oxygen atoms in total. The van der Waals surface area contributed by atoms with E-state index in [1.165, 1.54) is 24.0 Å². The molecule has 26 heavy (non-hydrogen) atoms. The maximum Gasteiger partial charge on any atom is 0.200 e. The number of nitrogens with one attached hydrogen (secondary N) is 2. The molecule has 0 saturated heterocycles. The number of methoxy groups -OCH3 is 2. The number of phenolic OH excluding ortho intramolecular Hbond substituents is 1. The summed E-state index contributed by atoms with van der Waals surface area (Å²) in [5.74, 6) is 1.48. The van der Waals surface area contributed by atoms with E-state index in [1.807, 2.05) is 6.92 Å². The van der Waals surface area contributed by atoms with E-state index in [-0.39, 0.29) is 29.7 Å². The van der Waals surface area contributed by atoms with Gasteiger partial charge in [-0.2, -0.15) is 0 Å². The van der Waals surface area contributed by atoms with E-state index in [2.05, 4.69) is 34.7 Å². The predicted octanol–water partition coefficient (Wildman–Crippen LogP) is 3.65. The molecule has 0 atom stereocenters. The van der Waals surface area contributed by atoms with Gasteiger partial charge in [0.2, 0.25) is 5.75 Å². The Bertz CT molecular complexity index is 709. The maximum absolute atomic E-state index is 9.98. The van der Waals surface area contributed by atoms with Gasteiger partial charge in [-0.25, -0.2) is 4.99 Å². The van der Waals surface area contributed by atoms with E-state index in [4.69, 9.17) is 9.47 Å². The minimum Gasteiger partial charge on any atom is -0.502 e. The Morgan fingerprint density at radius 2 is 1.81 bits per heavy atom. The van der Waals surface area contributed by atoms with Crippen molar-refractivity contribution in [2.45, 2.75) is 26.9 Å². The number of rotatable bonds is 7. The van der Waals surface area contributed by atoms with Crippen molar-refractivity contribution in [3.63, 3.8) is 0 Å². The SMILES string of the molecule is CCNC(=NCc1cc(OC)c(O)c(OC)c1)NCc1ccc(C)s1.I. The molecule has 2 aromatic rings. The van der Waals surface area contributed by atoms with Gasteiger partial charge in [0.05, 0.1) is 27.3 Å². The Hall–Kier alpha value is -1.68. The fraction of sp³-hybridized carbons (Fsp3) is 0.389. The van der Waals surface area contributed by atoms with Gasteiger partial charge in [0, 0.05) is 16.3 Å². The second-order valence-corrected chi connectivity index (χ2v) is 6.78. The topological polar surface area (TPSA) is 75.1 Å². The maximum atomic E-state index is 9.98. The number of ether oxygens (including phenoxy) is 2. The van der Waals surface area contributed by atoms with Gasteiger partial charge in [0.25, 0.3) is 0 Å². The van der Waals surface area contributed by atoms with Gasteiger partial charge in [-0.3, -0.25) is 0 Å². The van der Waals surface area contributed by atoms with Crippen LogP contribution in [0.4, 0.5) is 0 Å². The predicted molar refractivity (Wildman–Crippen MR) is 117 cm³/mol. The van der Waals surface area contributed by atoms with Crippen molar-refractivity contribution in [3.05, 3.63) is 39.6 Å². The van der Waals surface area contributed by atoms with E-state index in [0.29, 0.717) is 18.0 Å². The number of aliphatic imine (C=N–C) groups is 1. The summed E-state index contributed by atoms with van der Waals surface area (Å²) in [6.45, 7) is 6.06. The van der Waals surface area contributed by atoms with Gasteiger partial charge in [-0.1, -0.05) is 0 Å². The van der Waals surface area contributed by atoms with Crippen LogP contribution in [0.1, 0.15) is 22.2 Å². The van der Waals surface area contributed by atoms with Crippen LogP contribution in [0.3, 0.4) is 0 Å². The molecule has 1 aromatic carbocycles. The van der Waals surface area contributed by atoms with Gasteiger partial charge in [0.1, 0.15) is 0 Å². The lowest BCUT2D eigenvalue weighted by Crippen LogP contribution is -2.36. The molecule has 0 aliphatic carbocycles. The monoisotopic (exact) mass is 491 g/mol. The average molecular weight is 491 g/mol. The molecule has 0 amide bonds. The number of nitrogens with zero attached hydrogens (tertiary/aromatic N) is 1. The number of thiophene rings is 1. The first kappa shape index (κ1) is 22.4. The number of aryl methyl sites for hydroxylation is 1. The summed E-state index contributed by atoms with van der Waals surface area (Å²) in [6, 6.07) is 7.74. The Morgan fingerprint density at radius 1 is 1.15 bits per heavy atom. The molecule has 3 N–H and O–H groups in total. The molecule has 0 saturated carbocycles. The Kier molecular flexibility index (Phi) is 9.57. The first-order valence-corrected chi connectivity index (χ1v) is 8.90.